The summed E-state index contributed by atoms with van der Waals surface area (Å²) in [5.74, 6) is 0.684. The average molecular weight is 286 g/mol. The SMILES string of the molecule is COc1ccc(CNCC2(CCl)CCCC2)cc1F. The van der Waals surface area contributed by atoms with Crippen LogP contribution in [0.1, 0.15) is 31.2 Å². The molecule has 0 radical (unpaired) electrons. The summed E-state index contributed by atoms with van der Waals surface area (Å²) in [6.07, 6.45) is 4.93. The summed E-state index contributed by atoms with van der Waals surface area (Å²) in [6.45, 7) is 1.57. The second kappa shape index (κ2) is 6.58. The maximum absolute atomic E-state index is 13.5. The van der Waals surface area contributed by atoms with Gasteiger partial charge in [-0.25, -0.2) is 4.39 Å². The van der Waals surface area contributed by atoms with Gasteiger partial charge < -0.3 is 10.1 Å². The lowest BCUT2D eigenvalue weighted by atomic mass is 9.88. The Bertz CT molecular complexity index is 419. The molecular weight excluding hydrogens is 265 g/mol. The summed E-state index contributed by atoms with van der Waals surface area (Å²) in [5.41, 5.74) is 1.17. The molecule has 0 bridgehead atoms. The highest BCUT2D eigenvalue weighted by Gasteiger charge is 2.32. The van der Waals surface area contributed by atoms with Gasteiger partial charge in [0.2, 0.25) is 0 Å². The highest BCUT2D eigenvalue weighted by atomic mass is 35.5. The number of ether oxygens (including phenoxy) is 1. The topological polar surface area (TPSA) is 21.3 Å². The van der Waals surface area contributed by atoms with E-state index in [1.54, 1.807) is 6.07 Å². The van der Waals surface area contributed by atoms with Gasteiger partial charge in [0.25, 0.3) is 0 Å². The minimum absolute atomic E-state index is 0.243. The van der Waals surface area contributed by atoms with E-state index in [0.717, 1.165) is 12.1 Å². The smallest absolute Gasteiger partial charge is 0.165 e. The molecule has 1 fully saturated rings. The average Bonchev–Trinajstić information content (AvgIpc) is 2.88. The van der Waals surface area contributed by atoms with E-state index in [9.17, 15) is 4.39 Å². The molecule has 0 aliphatic heterocycles. The fourth-order valence-corrected chi connectivity index (χ4v) is 3.14. The third kappa shape index (κ3) is 3.61. The van der Waals surface area contributed by atoms with E-state index >= 15 is 0 Å². The maximum Gasteiger partial charge on any atom is 0.165 e. The number of benzene rings is 1. The molecule has 0 aromatic heterocycles. The van der Waals surface area contributed by atoms with Crippen molar-refractivity contribution >= 4 is 11.6 Å². The number of methoxy groups -OCH3 is 1. The number of alkyl halides is 1. The Balaban J connectivity index is 1.87. The molecule has 2 nitrogen and oxygen atoms in total. The zero-order valence-electron chi connectivity index (χ0n) is 11.3. The molecule has 0 saturated heterocycles. The van der Waals surface area contributed by atoms with Gasteiger partial charge in [-0.1, -0.05) is 18.9 Å². The Hall–Kier alpha value is -0.800. The molecule has 1 aromatic rings. The van der Waals surface area contributed by atoms with Gasteiger partial charge in [-0.05, 0) is 36.0 Å². The first kappa shape index (κ1) is 14.6. The minimum atomic E-state index is -0.310. The third-order valence-corrected chi connectivity index (χ3v) is 4.56. The molecule has 0 heterocycles. The molecule has 0 spiro atoms. The van der Waals surface area contributed by atoms with Crippen LogP contribution < -0.4 is 10.1 Å². The van der Waals surface area contributed by atoms with Crippen LogP contribution in [0.25, 0.3) is 0 Å². The molecule has 1 saturated carbocycles. The van der Waals surface area contributed by atoms with Crippen LogP contribution in [0.5, 0.6) is 5.75 Å². The van der Waals surface area contributed by atoms with Crippen LogP contribution in [-0.4, -0.2) is 19.5 Å². The van der Waals surface area contributed by atoms with Crippen LogP contribution in [-0.2, 0) is 6.54 Å². The minimum Gasteiger partial charge on any atom is -0.494 e. The molecule has 1 aliphatic rings. The lowest BCUT2D eigenvalue weighted by Crippen LogP contribution is -2.33. The quantitative estimate of drug-likeness (QED) is 0.804. The molecule has 1 aliphatic carbocycles. The summed E-state index contributed by atoms with van der Waals surface area (Å²) in [4.78, 5) is 0. The van der Waals surface area contributed by atoms with E-state index in [4.69, 9.17) is 16.3 Å². The lowest BCUT2D eigenvalue weighted by Gasteiger charge is -2.26. The molecule has 0 amide bonds. The monoisotopic (exact) mass is 285 g/mol. The van der Waals surface area contributed by atoms with E-state index in [1.807, 2.05) is 6.07 Å². The molecule has 0 atom stereocenters. The second-order valence-electron chi connectivity index (χ2n) is 5.41. The van der Waals surface area contributed by atoms with E-state index < -0.39 is 0 Å². The highest BCUT2D eigenvalue weighted by molar-refractivity contribution is 6.18. The van der Waals surface area contributed by atoms with Crippen LogP contribution in [0.15, 0.2) is 18.2 Å². The normalized spacial score (nSPS) is 17.6. The maximum atomic E-state index is 13.5. The molecule has 4 heteroatoms. The van der Waals surface area contributed by atoms with Gasteiger partial charge in [0.1, 0.15) is 0 Å². The molecule has 19 heavy (non-hydrogen) atoms. The van der Waals surface area contributed by atoms with Crippen LogP contribution >= 0.6 is 11.6 Å². The Morgan fingerprint density at radius 1 is 1.37 bits per heavy atom. The fourth-order valence-electron chi connectivity index (χ4n) is 2.77. The first-order valence-electron chi connectivity index (χ1n) is 6.78. The van der Waals surface area contributed by atoms with Crippen molar-refractivity contribution in [3.63, 3.8) is 0 Å². The zero-order chi connectivity index (χ0) is 13.7. The summed E-state index contributed by atoms with van der Waals surface area (Å²) < 4.78 is 18.5. The summed E-state index contributed by atoms with van der Waals surface area (Å²) in [6, 6.07) is 5.07. The van der Waals surface area contributed by atoms with Gasteiger partial charge in [-0.2, -0.15) is 0 Å². The van der Waals surface area contributed by atoms with Crippen molar-refractivity contribution in [1.82, 2.24) is 5.32 Å². The number of rotatable bonds is 6. The Morgan fingerprint density at radius 2 is 2.11 bits per heavy atom. The van der Waals surface area contributed by atoms with Gasteiger partial charge in [0.05, 0.1) is 7.11 Å². The number of hydrogen-bond acceptors (Lipinski definition) is 2. The van der Waals surface area contributed by atoms with Gasteiger partial charge in [0.15, 0.2) is 11.6 Å². The van der Waals surface area contributed by atoms with Crippen molar-refractivity contribution in [3.8, 4) is 5.75 Å². The van der Waals surface area contributed by atoms with E-state index in [-0.39, 0.29) is 17.0 Å². The third-order valence-electron chi connectivity index (χ3n) is 3.99. The molecule has 1 aromatic carbocycles. The first-order valence-corrected chi connectivity index (χ1v) is 7.32. The van der Waals surface area contributed by atoms with Crippen molar-refractivity contribution in [1.29, 1.82) is 0 Å². The number of nitrogens with one attached hydrogen (secondary N) is 1. The van der Waals surface area contributed by atoms with E-state index in [2.05, 4.69) is 5.32 Å². The Morgan fingerprint density at radius 3 is 2.68 bits per heavy atom. The van der Waals surface area contributed by atoms with Crippen molar-refractivity contribution in [2.75, 3.05) is 19.5 Å². The van der Waals surface area contributed by atoms with Crippen LogP contribution in [0.4, 0.5) is 4.39 Å². The van der Waals surface area contributed by atoms with Crippen molar-refractivity contribution in [2.24, 2.45) is 5.41 Å². The van der Waals surface area contributed by atoms with Crippen LogP contribution in [0.3, 0.4) is 0 Å². The van der Waals surface area contributed by atoms with Crippen molar-refractivity contribution in [2.45, 2.75) is 32.2 Å². The number of halogens is 2. The van der Waals surface area contributed by atoms with Gasteiger partial charge >= 0.3 is 0 Å². The highest BCUT2D eigenvalue weighted by Crippen LogP contribution is 2.38. The molecule has 0 unspecified atom stereocenters. The van der Waals surface area contributed by atoms with Gasteiger partial charge in [-0.3, -0.25) is 0 Å². The molecule has 106 valence electrons. The van der Waals surface area contributed by atoms with E-state index in [1.165, 1.54) is 38.9 Å². The Kier molecular flexibility index (Phi) is 5.06. The molecule has 1 N–H and O–H groups in total. The summed E-state index contributed by atoms with van der Waals surface area (Å²) >= 11 is 6.09. The lowest BCUT2D eigenvalue weighted by molar-refractivity contribution is 0.320. The largest absolute Gasteiger partial charge is 0.494 e. The van der Waals surface area contributed by atoms with E-state index in [0.29, 0.717) is 12.4 Å². The fraction of sp³-hybridized carbons (Fsp3) is 0.600. The van der Waals surface area contributed by atoms with Crippen LogP contribution in [0, 0.1) is 11.2 Å². The zero-order valence-corrected chi connectivity index (χ0v) is 12.1. The number of hydrogen-bond donors (Lipinski definition) is 1. The molecule has 2 rings (SSSR count). The van der Waals surface area contributed by atoms with Gasteiger partial charge in [-0.15, -0.1) is 11.6 Å². The Labute approximate surface area is 119 Å². The van der Waals surface area contributed by atoms with Gasteiger partial charge in [0, 0.05) is 19.0 Å². The van der Waals surface area contributed by atoms with Crippen LogP contribution in [0.2, 0.25) is 0 Å². The summed E-state index contributed by atoms with van der Waals surface area (Å²) in [7, 11) is 1.47. The predicted molar refractivity (Wildman–Crippen MR) is 76.3 cm³/mol. The first-order chi connectivity index (χ1) is 9.19. The molecular formula is C15H21ClFNO. The predicted octanol–water partition coefficient (Wildman–Crippen LogP) is 3.72. The summed E-state index contributed by atoms with van der Waals surface area (Å²) in [5, 5.41) is 3.41. The standard InChI is InChI=1S/C15H21ClFNO/c1-19-14-5-4-12(8-13(14)17)9-18-11-15(10-16)6-2-3-7-15/h4-5,8,18H,2-3,6-7,9-11H2,1H3. The van der Waals surface area contributed by atoms with Crippen molar-refractivity contribution < 1.29 is 9.13 Å². The second-order valence-corrected chi connectivity index (χ2v) is 5.68. The van der Waals surface area contributed by atoms with Crippen molar-refractivity contribution in [3.05, 3.63) is 29.6 Å².